The number of esters is 1. The van der Waals surface area contributed by atoms with E-state index in [9.17, 15) is 14.4 Å². The molecule has 9 rings (SSSR count). The van der Waals surface area contributed by atoms with E-state index in [2.05, 4.69) is 52.2 Å². The number of aromatic nitrogens is 1. The van der Waals surface area contributed by atoms with Crippen molar-refractivity contribution in [2.24, 2.45) is 5.16 Å². The van der Waals surface area contributed by atoms with Crippen LogP contribution in [0.25, 0.3) is 0 Å². The topological polar surface area (TPSA) is 131 Å². The van der Waals surface area contributed by atoms with Crippen LogP contribution in [0.5, 0.6) is 0 Å². The molecule has 63 heavy (non-hydrogen) atoms. The average molecular weight is 894 g/mol. The minimum Gasteiger partial charge on any atom is -0.448 e. The van der Waals surface area contributed by atoms with Gasteiger partial charge >= 0.3 is 5.97 Å². The Hall–Kier alpha value is -6.19. The highest BCUT2D eigenvalue weighted by atomic mass is 32.2. The van der Waals surface area contributed by atoms with Gasteiger partial charge in [0.25, 0.3) is 5.91 Å². The summed E-state index contributed by atoms with van der Waals surface area (Å²) in [6.07, 6.45) is 1.02. The molecule has 5 aromatic carbocycles. The van der Waals surface area contributed by atoms with Crippen molar-refractivity contribution in [1.82, 2.24) is 15.2 Å². The summed E-state index contributed by atoms with van der Waals surface area (Å²) in [5.74, 6) is -0.724. The van der Waals surface area contributed by atoms with Crippen LogP contribution in [0.1, 0.15) is 46.0 Å². The minimum absolute atomic E-state index is 0.0166. The van der Waals surface area contributed by atoms with E-state index in [1.165, 1.54) is 30.2 Å². The molecule has 4 heterocycles. The number of thioether (sulfide) groups is 2. The number of ether oxygens (including phenoxy) is 2. The summed E-state index contributed by atoms with van der Waals surface area (Å²) in [4.78, 5) is 53.4. The maximum atomic E-state index is 14.1. The highest BCUT2D eigenvalue weighted by Gasteiger charge is 2.54. The van der Waals surface area contributed by atoms with Gasteiger partial charge in [0, 0.05) is 11.1 Å². The number of benzene rings is 5. The van der Waals surface area contributed by atoms with Crippen molar-refractivity contribution in [2.75, 3.05) is 24.8 Å². The monoisotopic (exact) mass is 893 g/mol. The molecule has 14 heteroatoms. The van der Waals surface area contributed by atoms with Gasteiger partial charge in [-0.15, -0.1) is 34.9 Å². The largest absolute Gasteiger partial charge is 0.448 e. The van der Waals surface area contributed by atoms with Crippen LogP contribution in [0.2, 0.25) is 0 Å². The molecule has 4 unspecified atom stereocenters. The zero-order valence-electron chi connectivity index (χ0n) is 34.1. The van der Waals surface area contributed by atoms with Crippen LogP contribution in [-0.4, -0.2) is 75.0 Å². The van der Waals surface area contributed by atoms with Crippen LogP contribution in [0, 0.1) is 0 Å². The lowest BCUT2D eigenvalue weighted by molar-refractivity contribution is -0.151. The van der Waals surface area contributed by atoms with Crippen LogP contribution < -0.4 is 10.6 Å². The molecule has 0 radical (unpaired) electrons. The molecular weight excluding hydrogens is 851 g/mol. The van der Waals surface area contributed by atoms with Crippen LogP contribution in [0.15, 0.2) is 174 Å². The van der Waals surface area contributed by atoms with Crippen molar-refractivity contribution in [1.29, 1.82) is 0 Å². The van der Waals surface area contributed by atoms with Gasteiger partial charge < -0.3 is 24.9 Å². The molecule has 4 atom stereocenters. The van der Waals surface area contributed by atoms with E-state index in [1.807, 2.05) is 115 Å². The summed E-state index contributed by atoms with van der Waals surface area (Å²) in [7, 11) is 1.38. The molecular formula is C49H43N5O6S3. The van der Waals surface area contributed by atoms with Gasteiger partial charge in [0.05, 0.1) is 11.9 Å². The zero-order valence-corrected chi connectivity index (χ0v) is 36.6. The molecule has 2 saturated heterocycles. The number of carbonyl (C=O) groups excluding carboxylic acids is 3. The van der Waals surface area contributed by atoms with Crippen LogP contribution in [0.4, 0.5) is 5.13 Å². The van der Waals surface area contributed by atoms with E-state index < -0.39 is 35.0 Å². The Balaban J connectivity index is 0.886. The summed E-state index contributed by atoms with van der Waals surface area (Å²) in [6, 6.07) is 49.7. The molecule has 2 amide bonds. The van der Waals surface area contributed by atoms with Gasteiger partial charge in [-0.05, 0) is 40.3 Å². The summed E-state index contributed by atoms with van der Waals surface area (Å²) in [6.45, 7) is 0.394. The molecule has 2 N–H and O–H groups in total. The smallest absolute Gasteiger partial charge is 0.355 e. The number of oxime groups is 1. The zero-order chi connectivity index (χ0) is 43.2. The first-order valence-electron chi connectivity index (χ1n) is 20.5. The summed E-state index contributed by atoms with van der Waals surface area (Å²) in [5.41, 5.74) is 4.43. The van der Waals surface area contributed by atoms with Crippen molar-refractivity contribution >= 4 is 63.5 Å². The number of amides is 2. The first-order valence-corrected chi connectivity index (χ1v) is 23.4. The van der Waals surface area contributed by atoms with E-state index in [0.29, 0.717) is 29.6 Å². The molecule has 1 aromatic heterocycles. The lowest BCUT2D eigenvalue weighted by Crippen LogP contribution is -2.63. The second-order valence-electron chi connectivity index (χ2n) is 14.9. The van der Waals surface area contributed by atoms with Gasteiger partial charge in [-0.25, -0.2) is 9.78 Å². The maximum Gasteiger partial charge on any atom is 0.355 e. The Morgan fingerprint density at radius 1 is 0.841 bits per heavy atom. The molecule has 318 valence electrons. The molecule has 11 nitrogen and oxygen atoms in total. The van der Waals surface area contributed by atoms with E-state index >= 15 is 0 Å². The Bertz CT molecular complexity index is 2460. The number of anilines is 1. The maximum absolute atomic E-state index is 14.1. The lowest BCUT2D eigenvalue weighted by atomic mass is 9.77. The second-order valence-corrected chi connectivity index (χ2v) is 18.3. The van der Waals surface area contributed by atoms with E-state index in [-0.39, 0.29) is 27.9 Å². The van der Waals surface area contributed by atoms with Crippen molar-refractivity contribution in [2.45, 2.75) is 40.2 Å². The molecule has 0 saturated carbocycles. The standard InChI is InChI=1S/C49H43N5O6S3/c1-58-53-40(37-31-62-48(50-37)52-49(34-21-11-4-12-22-34,35-23-13-5-14-24-35)36-25-15-6-16-26-36)43(55)51-44-39(27-29-59-44)63-42-45(56)54-38(28-30-61-46(42)54)47(57)60-41(32-17-7-2-8-18-32)33-19-9-3-10-20-33/h2-26,28,31,39,41-42,44,46H,27,29-30H2,1H3,(H,50,52)(H,51,55)/b53-40-. The third-order valence-electron chi connectivity index (χ3n) is 11.1. The number of thiazole rings is 1. The fourth-order valence-electron chi connectivity index (χ4n) is 8.15. The van der Waals surface area contributed by atoms with E-state index in [1.54, 1.807) is 28.1 Å². The Labute approximate surface area is 377 Å². The fraction of sp³-hybridized carbons (Fsp3) is 0.204. The molecule has 0 bridgehead atoms. The number of hydrogen-bond acceptors (Lipinski definition) is 12. The van der Waals surface area contributed by atoms with Crippen molar-refractivity contribution in [3.05, 3.63) is 202 Å². The van der Waals surface area contributed by atoms with Gasteiger partial charge in [-0.1, -0.05) is 157 Å². The van der Waals surface area contributed by atoms with Gasteiger partial charge in [0.2, 0.25) is 5.91 Å². The number of β-lactam (4-membered cyclic amide) rings is 1. The van der Waals surface area contributed by atoms with Crippen LogP contribution in [-0.2, 0) is 34.2 Å². The van der Waals surface area contributed by atoms with E-state index in [0.717, 1.165) is 27.8 Å². The lowest BCUT2D eigenvalue weighted by Gasteiger charge is -2.49. The highest BCUT2D eigenvalue weighted by Crippen LogP contribution is 2.47. The Morgan fingerprint density at radius 3 is 1.95 bits per heavy atom. The van der Waals surface area contributed by atoms with Crippen molar-refractivity contribution < 1.29 is 28.7 Å². The predicted octanol–water partition coefficient (Wildman–Crippen LogP) is 8.36. The summed E-state index contributed by atoms with van der Waals surface area (Å²) in [5, 5.41) is 12.3. The van der Waals surface area contributed by atoms with Crippen molar-refractivity contribution in [3.63, 3.8) is 0 Å². The predicted molar refractivity (Wildman–Crippen MR) is 248 cm³/mol. The van der Waals surface area contributed by atoms with Crippen molar-refractivity contribution in [3.8, 4) is 0 Å². The molecule has 3 aliphatic rings. The summed E-state index contributed by atoms with van der Waals surface area (Å²) < 4.78 is 12.2. The molecule has 2 fully saturated rings. The third-order valence-corrected chi connectivity index (χ3v) is 14.8. The third kappa shape index (κ3) is 8.63. The van der Waals surface area contributed by atoms with Crippen LogP contribution in [0.3, 0.4) is 0 Å². The van der Waals surface area contributed by atoms with E-state index in [4.69, 9.17) is 19.3 Å². The molecule has 6 aromatic rings. The number of nitrogens with one attached hydrogen (secondary N) is 2. The molecule has 0 spiro atoms. The Morgan fingerprint density at radius 2 is 1.40 bits per heavy atom. The van der Waals surface area contributed by atoms with Gasteiger partial charge in [-0.3, -0.25) is 14.5 Å². The number of rotatable bonds is 15. The minimum atomic E-state index is -0.823. The SMILES string of the molecule is CO/N=C(\C(=O)NC1OCCC1SC1C(=O)N2C(C(=O)OC(c3ccccc3)c3ccccc3)=CCSC12)c1csc(NC(c2ccccc2)(c2ccccc2)c2ccccc2)n1. The number of hydrogen-bond donors (Lipinski definition) is 2. The first-order chi connectivity index (χ1) is 30.9. The first kappa shape index (κ1) is 42.1. The molecule has 3 aliphatic heterocycles. The number of carbonyl (C=O) groups is 3. The fourth-order valence-corrected chi connectivity index (χ4v) is 11.8. The average Bonchev–Trinajstić information content (AvgIpc) is 4.00. The molecule has 0 aliphatic carbocycles. The second kappa shape index (κ2) is 19.1. The summed E-state index contributed by atoms with van der Waals surface area (Å²) >= 11 is 4.40. The quantitative estimate of drug-likeness (QED) is 0.0341. The number of fused-ring (bicyclic) bond motifs is 1. The van der Waals surface area contributed by atoms with Gasteiger partial charge in [0.1, 0.15) is 40.9 Å². The normalized spacial score (nSPS) is 19.7. The Kier molecular flexibility index (Phi) is 12.7. The van der Waals surface area contributed by atoms with Gasteiger partial charge in [-0.2, -0.15) is 0 Å². The van der Waals surface area contributed by atoms with Crippen LogP contribution >= 0.6 is 34.9 Å². The highest BCUT2D eigenvalue weighted by molar-refractivity contribution is 8.05. The number of nitrogens with zero attached hydrogens (tertiary/aromatic N) is 3. The van der Waals surface area contributed by atoms with Gasteiger partial charge in [0.15, 0.2) is 16.9 Å².